The molecule has 12 heteroatoms. The van der Waals surface area contributed by atoms with Gasteiger partial charge < -0.3 is 19.2 Å². The molecule has 218 valence electrons. The third kappa shape index (κ3) is 12.2. The number of rotatable bonds is 18. The molecule has 2 rings (SSSR count). The zero-order chi connectivity index (χ0) is 28.5. The monoisotopic (exact) mass is 567 g/mol. The standard InChI is InChI=1S/C27H41N3O8S/c1-3-36-26(32)23(15-14-22-11-5-4-6-12-22)28-21(2)25(31)29-16-8-7-13-24(29)27(33)37-17-9-19-39-20-10-18-38-30(34)35/h4-6,11-12,21,23-24,28H,3,7-10,13-20H2,1-2H3. The van der Waals surface area contributed by atoms with Crippen LogP contribution in [-0.2, 0) is 35.1 Å². The molecular weight excluding hydrogens is 526 g/mol. The summed E-state index contributed by atoms with van der Waals surface area (Å²) in [5.41, 5.74) is 1.09. The van der Waals surface area contributed by atoms with Gasteiger partial charge in [-0.25, -0.2) is 4.79 Å². The molecule has 1 amide bonds. The molecule has 0 saturated carbocycles. The van der Waals surface area contributed by atoms with Crippen molar-refractivity contribution >= 4 is 29.6 Å². The smallest absolute Gasteiger partial charge is 0.328 e. The number of ether oxygens (including phenoxy) is 2. The van der Waals surface area contributed by atoms with E-state index >= 15 is 0 Å². The number of nitrogens with zero attached hydrogens (tertiary/aromatic N) is 2. The first-order valence-corrected chi connectivity index (χ1v) is 14.8. The Bertz CT molecular complexity index is 904. The van der Waals surface area contributed by atoms with Crippen molar-refractivity contribution in [2.24, 2.45) is 0 Å². The lowest BCUT2D eigenvalue weighted by Crippen LogP contribution is -2.56. The van der Waals surface area contributed by atoms with Gasteiger partial charge >= 0.3 is 11.9 Å². The second-order valence-electron chi connectivity index (χ2n) is 9.30. The maximum Gasteiger partial charge on any atom is 0.328 e. The first-order valence-electron chi connectivity index (χ1n) is 13.6. The molecule has 1 saturated heterocycles. The van der Waals surface area contributed by atoms with Crippen LogP contribution in [0.2, 0.25) is 0 Å². The summed E-state index contributed by atoms with van der Waals surface area (Å²) >= 11 is 1.61. The number of piperidine rings is 1. The number of nitrogens with one attached hydrogen (secondary N) is 1. The molecule has 1 aromatic carbocycles. The molecule has 1 fully saturated rings. The van der Waals surface area contributed by atoms with Gasteiger partial charge in [0, 0.05) is 6.54 Å². The van der Waals surface area contributed by atoms with E-state index in [9.17, 15) is 24.5 Å². The molecule has 1 heterocycles. The topological polar surface area (TPSA) is 137 Å². The van der Waals surface area contributed by atoms with Crippen LogP contribution in [0.4, 0.5) is 0 Å². The largest absolute Gasteiger partial charge is 0.465 e. The molecule has 3 atom stereocenters. The van der Waals surface area contributed by atoms with Crippen molar-refractivity contribution in [2.75, 3.05) is 37.9 Å². The highest BCUT2D eigenvalue weighted by Gasteiger charge is 2.36. The fraction of sp³-hybridized carbons (Fsp3) is 0.667. The summed E-state index contributed by atoms with van der Waals surface area (Å²) in [5, 5.41) is 12.5. The molecule has 0 radical (unpaired) electrons. The van der Waals surface area contributed by atoms with E-state index in [-0.39, 0.29) is 25.7 Å². The fourth-order valence-corrected chi connectivity index (χ4v) is 5.21. The van der Waals surface area contributed by atoms with E-state index < -0.39 is 35.2 Å². The van der Waals surface area contributed by atoms with Crippen molar-refractivity contribution < 1.29 is 33.8 Å². The number of likely N-dealkylation sites (tertiary alicyclic amines) is 1. The number of esters is 2. The van der Waals surface area contributed by atoms with Crippen molar-refractivity contribution in [3.05, 3.63) is 46.0 Å². The number of amides is 1. The summed E-state index contributed by atoms with van der Waals surface area (Å²) in [6, 6.07) is 7.84. The lowest BCUT2D eigenvalue weighted by molar-refractivity contribution is -0.757. The minimum absolute atomic E-state index is 0.0708. The number of carbonyl (C=O) groups is 3. The van der Waals surface area contributed by atoms with Gasteiger partial charge in [0.05, 0.1) is 25.9 Å². The van der Waals surface area contributed by atoms with Gasteiger partial charge in [-0.05, 0) is 75.9 Å². The summed E-state index contributed by atoms with van der Waals surface area (Å²) in [7, 11) is 0. The predicted octanol–water partition coefficient (Wildman–Crippen LogP) is 3.18. The average molecular weight is 568 g/mol. The van der Waals surface area contributed by atoms with Crippen LogP contribution < -0.4 is 5.32 Å². The quantitative estimate of drug-likeness (QED) is 0.122. The number of thioether (sulfide) groups is 1. The maximum absolute atomic E-state index is 13.4. The van der Waals surface area contributed by atoms with Crippen LogP contribution in [-0.4, -0.2) is 83.8 Å². The molecule has 0 aliphatic carbocycles. The summed E-state index contributed by atoms with van der Waals surface area (Å²) in [6.45, 7) is 4.48. The molecule has 0 aromatic heterocycles. The van der Waals surface area contributed by atoms with Crippen LogP contribution in [0.1, 0.15) is 57.9 Å². The second kappa shape index (κ2) is 18.4. The van der Waals surface area contributed by atoms with Gasteiger partial charge in [0.1, 0.15) is 12.1 Å². The van der Waals surface area contributed by atoms with Gasteiger partial charge in [-0.2, -0.15) is 11.8 Å². The van der Waals surface area contributed by atoms with Gasteiger partial charge in [-0.1, -0.05) is 30.3 Å². The van der Waals surface area contributed by atoms with E-state index in [1.807, 2.05) is 30.3 Å². The normalized spacial score (nSPS) is 16.7. The van der Waals surface area contributed by atoms with Crippen LogP contribution in [0.5, 0.6) is 0 Å². The Morgan fingerprint density at radius 1 is 1.13 bits per heavy atom. The Balaban J connectivity index is 1.84. The second-order valence-corrected chi connectivity index (χ2v) is 10.5. The Hall–Kier alpha value is -2.86. The van der Waals surface area contributed by atoms with E-state index in [2.05, 4.69) is 10.2 Å². The molecule has 1 aliphatic heterocycles. The summed E-state index contributed by atoms with van der Waals surface area (Å²) in [4.78, 5) is 54.8. The molecule has 1 aliphatic rings. The summed E-state index contributed by atoms with van der Waals surface area (Å²) < 4.78 is 10.7. The van der Waals surface area contributed by atoms with Gasteiger partial charge in [0.2, 0.25) is 5.91 Å². The van der Waals surface area contributed by atoms with Crippen molar-refractivity contribution in [1.29, 1.82) is 0 Å². The van der Waals surface area contributed by atoms with Gasteiger partial charge in [-0.3, -0.25) is 14.9 Å². The fourth-order valence-electron chi connectivity index (χ4n) is 4.36. The van der Waals surface area contributed by atoms with Crippen LogP contribution in [0.3, 0.4) is 0 Å². The highest BCUT2D eigenvalue weighted by molar-refractivity contribution is 7.99. The minimum atomic E-state index is -0.801. The molecular formula is C27H41N3O8S. The number of aryl methyl sites for hydroxylation is 1. The van der Waals surface area contributed by atoms with E-state index in [1.165, 1.54) is 0 Å². The molecule has 3 unspecified atom stereocenters. The number of carbonyl (C=O) groups excluding carboxylic acids is 3. The third-order valence-electron chi connectivity index (χ3n) is 6.32. The predicted molar refractivity (Wildman–Crippen MR) is 148 cm³/mol. The molecule has 0 spiro atoms. The number of benzene rings is 1. The lowest BCUT2D eigenvalue weighted by Gasteiger charge is -2.36. The number of hydrogen-bond donors (Lipinski definition) is 1. The Morgan fingerprint density at radius 3 is 2.54 bits per heavy atom. The number of hydrogen-bond acceptors (Lipinski definition) is 10. The summed E-state index contributed by atoms with van der Waals surface area (Å²) in [5.74, 6) is 0.420. The van der Waals surface area contributed by atoms with Crippen molar-refractivity contribution in [3.8, 4) is 0 Å². The zero-order valence-electron chi connectivity index (χ0n) is 22.9. The highest BCUT2D eigenvalue weighted by Crippen LogP contribution is 2.20. The average Bonchev–Trinajstić information content (AvgIpc) is 2.94. The Morgan fingerprint density at radius 2 is 1.85 bits per heavy atom. The van der Waals surface area contributed by atoms with E-state index in [0.29, 0.717) is 38.6 Å². The maximum atomic E-state index is 13.4. The van der Waals surface area contributed by atoms with E-state index in [1.54, 1.807) is 30.5 Å². The van der Waals surface area contributed by atoms with Gasteiger partial charge in [0.15, 0.2) is 0 Å². The van der Waals surface area contributed by atoms with Crippen LogP contribution in [0.25, 0.3) is 0 Å². The molecule has 0 bridgehead atoms. The first kappa shape index (κ1) is 32.4. The third-order valence-corrected chi connectivity index (χ3v) is 7.48. The van der Waals surface area contributed by atoms with Crippen LogP contribution >= 0.6 is 11.8 Å². The summed E-state index contributed by atoms with van der Waals surface area (Å²) in [6.07, 6.45) is 4.52. The minimum Gasteiger partial charge on any atom is -0.465 e. The van der Waals surface area contributed by atoms with Crippen molar-refractivity contribution in [1.82, 2.24) is 10.2 Å². The van der Waals surface area contributed by atoms with E-state index in [4.69, 9.17) is 9.47 Å². The Kier molecular flexibility index (Phi) is 15.3. The SMILES string of the molecule is CCOC(=O)C(CCc1ccccc1)NC(C)C(=O)N1CCCCC1C(=O)OCCCSCCCO[N+](=O)[O-]. The highest BCUT2D eigenvalue weighted by atomic mass is 32.2. The van der Waals surface area contributed by atoms with Crippen molar-refractivity contribution in [3.63, 3.8) is 0 Å². The van der Waals surface area contributed by atoms with E-state index in [0.717, 1.165) is 29.9 Å². The van der Waals surface area contributed by atoms with Crippen molar-refractivity contribution in [2.45, 2.75) is 76.9 Å². The molecule has 1 aromatic rings. The first-order chi connectivity index (χ1) is 18.8. The zero-order valence-corrected chi connectivity index (χ0v) is 23.7. The van der Waals surface area contributed by atoms with Crippen LogP contribution in [0.15, 0.2) is 30.3 Å². The van der Waals surface area contributed by atoms with Gasteiger partial charge in [0.25, 0.3) is 5.09 Å². The molecule has 39 heavy (non-hydrogen) atoms. The molecule has 1 N–H and O–H groups in total. The molecule has 11 nitrogen and oxygen atoms in total. The lowest BCUT2D eigenvalue weighted by atomic mass is 10.0. The van der Waals surface area contributed by atoms with Crippen LogP contribution in [0, 0.1) is 10.1 Å². The Labute approximate surface area is 234 Å². The van der Waals surface area contributed by atoms with Gasteiger partial charge in [-0.15, -0.1) is 10.1 Å².